The molecule has 0 saturated carbocycles. The summed E-state index contributed by atoms with van der Waals surface area (Å²) in [6.45, 7) is 0.664. The van der Waals surface area contributed by atoms with Gasteiger partial charge in [0.05, 0.1) is 6.61 Å². The molecule has 1 aliphatic heterocycles. The second-order valence-electron chi connectivity index (χ2n) is 5.42. The first-order valence-electron chi connectivity index (χ1n) is 6.96. The van der Waals surface area contributed by atoms with Gasteiger partial charge in [0.15, 0.2) is 0 Å². The topological polar surface area (TPSA) is 55.5 Å². The Kier molecular flexibility index (Phi) is 3.61. The molecule has 0 aliphatic carbocycles. The third kappa shape index (κ3) is 2.78. The quantitative estimate of drug-likeness (QED) is 0.900. The number of phenols is 1. The Bertz CT molecular complexity index is 597. The van der Waals surface area contributed by atoms with E-state index in [0.29, 0.717) is 18.3 Å². The van der Waals surface area contributed by atoms with E-state index >= 15 is 0 Å². The monoisotopic (exact) mass is 269 g/mol. The van der Waals surface area contributed by atoms with Crippen molar-refractivity contribution in [1.29, 1.82) is 0 Å². The van der Waals surface area contributed by atoms with Crippen molar-refractivity contribution in [2.45, 2.75) is 18.9 Å². The first kappa shape index (κ1) is 13.0. The first-order chi connectivity index (χ1) is 9.72. The van der Waals surface area contributed by atoms with Gasteiger partial charge in [-0.15, -0.1) is 0 Å². The van der Waals surface area contributed by atoms with Crippen LogP contribution < -0.4 is 10.5 Å². The van der Waals surface area contributed by atoms with Crippen molar-refractivity contribution in [3.8, 4) is 11.5 Å². The van der Waals surface area contributed by atoms with E-state index in [1.165, 1.54) is 5.56 Å². The van der Waals surface area contributed by atoms with Gasteiger partial charge in [-0.3, -0.25) is 0 Å². The lowest BCUT2D eigenvalue weighted by Gasteiger charge is -2.29. The molecule has 2 unspecified atom stereocenters. The zero-order chi connectivity index (χ0) is 13.9. The molecular formula is C17H19NO2. The molecule has 0 spiro atoms. The average molecular weight is 269 g/mol. The van der Waals surface area contributed by atoms with Gasteiger partial charge in [0.25, 0.3) is 0 Å². The van der Waals surface area contributed by atoms with E-state index < -0.39 is 0 Å². The fraction of sp³-hybridized carbons (Fsp3) is 0.294. The van der Waals surface area contributed by atoms with Gasteiger partial charge in [-0.1, -0.05) is 30.3 Å². The highest BCUT2D eigenvalue weighted by Gasteiger charge is 2.25. The number of nitrogens with two attached hydrogens (primary N) is 1. The number of phenolic OH excluding ortho intramolecular Hbond substituents is 1. The Labute approximate surface area is 119 Å². The Morgan fingerprint density at radius 2 is 2.05 bits per heavy atom. The molecule has 3 nitrogen and oxygen atoms in total. The van der Waals surface area contributed by atoms with Crippen LogP contribution in [0.4, 0.5) is 0 Å². The number of benzene rings is 2. The number of para-hydroxylation sites is 1. The van der Waals surface area contributed by atoms with Crippen LogP contribution in [0.5, 0.6) is 11.5 Å². The lowest BCUT2D eigenvalue weighted by molar-refractivity contribution is 0.199. The van der Waals surface area contributed by atoms with E-state index in [4.69, 9.17) is 10.5 Å². The lowest BCUT2D eigenvalue weighted by Crippen LogP contribution is -2.39. The maximum absolute atomic E-state index is 9.50. The summed E-state index contributed by atoms with van der Waals surface area (Å²) in [5, 5.41) is 9.50. The molecule has 0 amide bonds. The number of hydrogen-bond acceptors (Lipinski definition) is 3. The number of hydrogen-bond donors (Lipinski definition) is 2. The maximum atomic E-state index is 9.50. The van der Waals surface area contributed by atoms with Crippen LogP contribution in [0.15, 0.2) is 48.5 Å². The summed E-state index contributed by atoms with van der Waals surface area (Å²) in [5.74, 6) is 1.58. The van der Waals surface area contributed by atoms with Crippen LogP contribution in [0.3, 0.4) is 0 Å². The van der Waals surface area contributed by atoms with Crippen LogP contribution in [0.25, 0.3) is 0 Å². The molecule has 0 aromatic heterocycles. The largest absolute Gasteiger partial charge is 0.508 e. The standard InChI is InChI=1S/C17H19NO2/c18-16(9-12-4-3-6-15(19)8-12)14-10-13-5-1-2-7-17(13)20-11-14/h1-8,14,16,19H,9-11,18H2. The van der Waals surface area contributed by atoms with E-state index in [9.17, 15) is 5.11 Å². The number of ether oxygens (including phenoxy) is 1. The minimum Gasteiger partial charge on any atom is -0.508 e. The average Bonchev–Trinajstić information content (AvgIpc) is 2.47. The minimum atomic E-state index is 0.0326. The van der Waals surface area contributed by atoms with Gasteiger partial charge in [0.2, 0.25) is 0 Å². The normalized spacial score (nSPS) is 18.9. The maximum Gasteiger partial charge on any atom is 0.122 e. The van der Waals surface area contributed by atoms with Gasteiger partial charge < -0.3 is 15.6 Å². The minimum absolute atomic E-state index is 0.0326. The number of aromatic hydroxyl groups is 1. The highest BCUT2D eigenvalue weighted by molar-refractivity contribution is 5.35. The van der Waals surface area contributed by atoms with Crippen LogP contribution in [0.1, 0.15) is 11.1 Å². The molecule has 3 N–H and O–H groups in total. The molecule has 2 aromatic rings. The Morgan fingerprint density at radius 1 is 1.20 bits per heavy atom. The molecule has 2 atom stereocenters. The van der Waals surface area contributed by atoms with E-state index in [-0.39, 0.29) is 6.04 Å². The summed E-state index contributed by atoms with van der Waals surface area (Å²) in [4.78, 5) is 0. The molecule has 104 valence electrons. The van der Waals surface area contributed by atoms with Gasteiger partial charge in [0.1, 0.15) is 11.5 Å². The van der Waals surface area contributed by atoms with E-state index in [2.05, 4.69) is 6.07 Å². The molecular weight excluding hydrogens is 250 g/mol. The Morgan fingerprint density at radius 3 is 2.90 bits per heavy atom. The summed E-state index contributed by atoms with van der Waals surface area (Å²) >= 11 is 0. The fourth-order valence-electron chi connectivity index (χ4n) is 2.75. The Balaban J connectivity index is 1.68. The third-order valence-electron chi connectivity index (χ3n) is 3.90. The van der Waals surface area contributed by atoms with Gasteiger partial charge >= 0.3 is 0 Å². The molecule has 3 rings (SSSR count). The van der Waals surface area contributed by atoms with Crippen LogP contribution in [0, 0.1) is 5.92 Å². The van der Waals surface area contributed by atoms with Gasteiger partial charge in [-0.25, -0.2) is 0 Å². The summed E-state index contributed by atoms with van der Waals surface area (Å²) in [5.41, 5.74) is 8.62. The van der Waals surface area contributed by atoms with E-state index in [1.54, 1.807) is 12.1 Å². The Hall–Kier alpha value is -2.00. The number of rotatable bonds is 3. The fourth-order valence-corrected chi connectivity index (χ4v) is 2.75. The highest BCUT2D eigenvalue weighted by atomic mass is 16.5. The smallest absolute Gasteiger partial charge is 0.122 e. The second kappa shape index (κ2) is 5.55. The van der Waals surface area contributed by atoms with Crippen molar-refractivity contribution in [2.75, 3.05) is 6.61 Å². The summed E-state index contributed by atoms with van der Waals surface area (Å²) in [6.07, 6.45) is 1.71. The molecule has 2 aromatic carbocycles. The summed E-state index contributed by atoms with van der Waals surface area (Å²) in [6, 6.07) is 15.5. The molecule has 0 radical (unpaired) electrons. The molecule has 3 heteroatoms. The van der Waals surface area contributed by atoms with Crippen molar-refractivity contribution in [3.63, 3.8) is 0 Å². The first-order valence-corrected chi connectivity index (χ1v) is 6.96. The highest BCUT2D eigenvalue weighted by Crippen LogP contribution is 2.28. The van der Waals surface area contributed by atoms with Gasteiger partial charge in [0, 0.05) is 12.0 Å². The molecule has 20 heavy (non-hydrogen) atoms. The molecule has 1 aliphatic rings. The zero-order valence-corrected chi connectivity index (χ0v) is 11.3. The zero-order valence-electron chi connectivity index (χ0n) is 11.3. The second-order valence-corrected chi connectivity index (χ2v) is 5.42. The summed E-state index contributed by atoms with van der Waals surface area (Å²) in [7, 11) is 0. The lowest BCUT2D eigenvalue weighted by atomic mass is 9.87. The molecule has 1 heterocycles. The van der Waals surface area contributed by atoms with Gasteiger partial charge in [-0.2, -0.15) is 0 Å². The SMILES string of the molecule is NC(Cc1cccc(O)c1)C1COc2ccccc2C1. The van der Waals surface area contributed by atoms with Crippen molar-refractivity contribution in [1.82, 2.24) is 0 Å². The third-order valence-corrected chi connectivity index (χ3v) is 3.90. The van der Waals surface area contributed by atoms with E-state index in [1.807, 2.05) is 30.3 Å². The number of fused-ring (bicyclic) bond motifs is 1. The van der Waals surface area contributed by atoms with Crippen molar-refractivity contribution >= 4 is 0 Å². The van der Waals surface area contributed by atoms with Crippen LogP contribution in [0.2, 0.25) is 0 Å². The predicted octanol–water partition coefficient (Wildman–Crippen LogP) is 2.51. The summed E-state index contributed by atoms with van der Waals surface area (Å²) < 4.78 is 5.79. The van der Waals surface area contributed by atoms with Crippen molar-refractivity contribution < 1.29 is 9.84 Å². The molecule has 0 fully saturated rings. The predicted molar refractivity (Wildman–Crippen MR) is 78.9 cm³/mol. The van der Waals surface area contributed by atoms with Crippen LogP contribution in [-0.2, 0) is 12.8 Å². The van der Waals surface area contributed by atoms with E-state index in [0.717, 1.165) is 24.2 Å². The van der Waals surface area contributed by atoms with Gasteiger partial charge in [-0.05, 0) is 42.2 Å². The van der Waals surface area contributed by atoms with Crippen LogP contribution in [-0.4, -0.2) is 17.8 Å². The van der Waals surface area contributed by atoms with Crippen molar-refractivity contribution in [2.24, 2.45) is 11.7 Å². The molecule has 0 bridgehead atoms. The van der Waals surface area contributed by atoms with Crippen LogP contribution >= 0.6 is 0 Å². The molecule has 0 saturated heterocycles. The van der Waals surface area contributed by atoms with Crippen molar-refractivity contribution in [3.05, 3.63) is 59.7 Å².